The van der Waals surface area contributed by atoms with Gasteiger partial charge in [0.1, 0.15) is 6.10 Å². The number of aliphatic hydroxyl groups is 2. The molecule has 0 aliphatic carbocycles. The number of carbonyl (C=O) groups is 2. The number of esters is 1. The van der Waals surface area contributed by atoms with Gasteiger partial charge in [0.05, 0.1) is 25.2 Å². The lowest BCUT2D eigenvalue weighted by Crippen LogP contribution is -2.46. The molecule has 0 saturated heterocycles. The minimum absolute atomic E-state index is 0.0159. The second-order valence-corrected chi connectivity index (χ2v) is 16.0. The van der Waals surface area contributed by atoms with Crippen molar-refractivity contribution in [1.82, 2.24) is 5.32 Å². The Hall–Kier alpha value is -3.48. The first-order valence-corrected chi connectivity index (χ1v) is 24.2. The molecule has 0 radical (unpaired) electrons. The molecule has 0 rings (SSSR count). The van der Waals surface area contributed by atoms with Crippen LogP contribution in [-0.2, 0) is 14.3 Å². The third-order valence-electron chi connectivity index (χ3n) is 10.3. The molecule has 0 saturated carbocycles. The number of allylic oxidation sites excluding steroid dienone is 18. The fraction of sp³-hybridized carbons (Fsp3) is 0.630. The highest BCUT2D eigenvalue weighted by atomic mass is 16.5. The maximum atomic E-state index is 13.2. The van der Waals surface area contributed by atoms with Gasteiger partial charge in [-0.25, -0.2) is 0 Å². The van der Waals surface area contributed by atoms with Crippen molar-refractivity contribution in [2.75, 3.05) is 6.61 Å². The van der Waals surface area contributed by atoms with Crippen LogP contribution in [0.1, 0.15) is 194 Å². The fourth-order valence-corrected chi connectivity index (χ4v) is 6.65. The van der Waals surface area contributed by atoms with E-state index >= 15 is 0 Å². The topological polar surface area (TPSA) is 95.9 Å². The summed E-state index contributed by atoms with van der Waals surface area (Å²) in [5.41, 5.74) is 0. The maximum absolute atomic E-state index is 13.2. The van der Waals surface area contributed by atoms with Gasteiger partial charge in [0, 0.05) is 6.42 Å². The van der Waals surface area contributed by atoms with Crippen LogP contribution >= 0.6 is 0 Å². The predicted molar refractivity (Wildman–Crippen MR) is 259 cm³/mol. The zero-order chi connectivity index (χ0) is 43.8. The molecule has 0 bridgehead atoms. The summed E-state index contributed by atoms with van der Waals surface area (Å²) in [6.07, 6.45) is 62.9. The highest BCUT2D eigenvalue weighted by molar-refractivity contribution is 5.77. The summed E-state index contributed by atoms with van der Waals surface area (Å²) in [7, 11) is 0. The molecular formula is C54H89NO5. The van der Waals surface area contributed by atoms with E-state index in [-0.39, 0.29) is 31.3 Å². The second-order valence-electron chi connectivity index (χ2n) is 16.0. The van der Waals surface area contributed by atoms with Crippen molar-refractivity contribution < 1.29 is 24.5 Å². The summed E-state index contributed by atoms with van der Waals surface area (Å²) in [5.74, 6) is -0.613. The van der Waals surface area contributed by atoms with Crippen LogP contribution in [0.2, 0.25) is 0 Å². The van der Waals surface area contributed by atoms with Crippen molar-refractivity contribution >= 4 is 11.9 Å². The van der Waals surface area contributed by atoms with E-state index in [0.29, 0.717) is 19.3 Å². The molecule has 6 heteroatoms. The van der Waals surface area contributed by atoms with Crippen molar-refractivity contribution in [1.29, 1.82) is 0 Å². The molecule has 0 aliphatic rings. The number of carbonyl (C=O) groups excluding carboxylic acids is 2. The number of rotatable bonds is 41. The van der Waals surface area contributed by atoms with Crippen LogP contribution in [0.15, 0.2) is 109 Å². The molecular weight excluding hydrogens is 743 g/mol. The third kappa shape index (κ3) is 41.3. The van der Waals surface area contributed by atoms with Crippen molar-refractivity contribution in [3.63, 3.8) is 0 Å². The first-order chi connectivity index (χ1) is 29.5. The van der Waals surface area contributed by atoms with Gasteiger partial charge in [0.2, 0.25) is 5.91 Å². The molecule has 3 unspecified atom stereocenters. The quantitative estimate of drug-likeness (QED) is 0.0324. The molecule has 0 heterocycles. The lowest BCUT2D eigenvalue weighted by atomic mass is 10.0. The Morgan fingerprint density at radius 2 is 0.900 bits per heavy atom. The molecule has 0 aromatic rings. The van der Waals surface area contributed by atoms with Crippen molar-refractivity contribution in [3.05, 3.63) is 109 Å². The van der Waals surface area contributed by atoms with Gasteiger partial charge in [-0.15, -0.1) is 0 Å². The Morgan fingerprint density at radius 3 is 1.40 bits per heavy atom. The molecule has 3 atom stereocenters. The van der Waals surface area contributed by atoms with Gasteiger partial charge in [-0.1, -0.05) is 226 Å². The Kier molecular flexibility index (Phi) is 43.9. The van der Waals surface area contributed by atoms with Crippen LogP contribution in [0.3, 0.4) is 0 Å². The minimum atomic E-state index is -0.817. The number of amides is 1. The van der Waals surface area contributed by atoms with Gasteiger partial charge in [0.15, 0.2) is 0 Å². The summed E-state index contributed by atoms with van der Waals surface area (Å²) < 4.78 is 5.86. The van der Waals surface area contributed by atoms with Gasteiger partial charge >= 0.3 is 5.97 Å². The fourth-order valence-electron chi connectivity index (χ4n) is 6.65. The number of unbranched alkanes of at least 4 members (excludes halogenated alkanes) is 18. The van der Waals surface area contributed by atoms with Crippen LogP contribution in [0.4, 0.5) is 0 Å². The summed E-state index contributed by atoms with van der Waals surface area (Å²) in [5, 5.41) is 23.7. The zero-order valence-electron chi connectivity index (χ0n) is 38.5. The molecule has 3 N–H and O–H groups in total. The maximum Gasteiger partial charge on any atom is 0.306 e. The molecule has 6 nitrogen and oxygen atoms in total. The van der Waals surface area contributed by atoms with Crippen molar-refractivity contribution in [2.24, 2.45) is 0 Å². The average molecular weight is 832 g/mol. The Labute approximate surface area is 368 Å². The molecule has 0 fully saturated rings. The van der Waals surface area contributed by atoms with E-state index in [1.165, 1.54) is 77.0 Å². The van der Waals surface area contributed by atoms with E-state index in [1.54, 1.807) is 0 Å². The summed E-state index contributed by atoms with van der Waals surface area (Å²) in [6.45, 7) is 6.25. The van der Waals surface area contributed by atoms with Gasteiger partial charge in [-0.2, -0.15) is 0 Å². The van der Waals surface area contributed by atoms with Crippen LogP contribution in [-0.4, -0.2) is 46.9 Å². The largest absolute Gasteiger partial charge is 0.462 e. The molecule has 340 valence electrons. The van der Waals surface area contributed by atoms with E-state index in [9.17, 15) is 19.8 Å². The first-order valence-electron chi connectivity index (χ1n) is 24.2. The predicted octanol–water partition coefficient (Wildman–Crippen LogP) is 14.3. The number of ether oxygens (including phenoxy) is 1. The molecule has 1 amide bonds. The molecule has 60 heavy (non-hydrogen) atoms. The number of hydrogen-bond donors (Lipinski definition) is 3. The SMILES string of the molecule is CC/C=C/C=C/C=C\C=C/C=C/CCCC(=O)OC(CCCCC/C=C/C=C/C=C/C=C/CCCCC)CC(=O)NC(CO)C(O)CCCCCCCCCCCCCC. The van der Waals surface area contributed by atoms with Crippen molar-refractivity contribution in [2.45, 2.75) is 212 Å². The normalized spacial score (nSPS) is 14.3. The van der Waals surface area contributed by atoms with Gasteiger partial charge in [0.25, 0.3) is 0 Å². The van der Waals surface area contributed by atoms with Crippen LogP contribution in [0.25, 0.3) is 0 Å². The highest BCUT2D eigenvalue weighted by Crippen LogP contribution is 2.16. The highest BCUT2D eigenvalue weighted by Gasteiger charge is 2.24. The summed E-state index contributed by atoms with van der Waals surface area (Å²) in [4.78, 5) is 26.0. The van der Waals surface area contributed by atoms with Gasteiger partial charge < -0.3 is 20.3 Å². The van der Waals surface area contributed by atoms with E-state index in [2.05, 4.69) is 62.5 Å². The van der Waals surface area contributed by atoms with Crippen LogP contribution in [0, 0.1) is 0 Å². The second kappa shape index (κ2) is 46.6. The number of nitrogens with one attached hydrogen (secondary N) is 1. The Balaban J connectivity index is 4.84. The van der Waals surface area contributed by atoms with Crippen LogP contribution in [0.5, 0.6) is 0 Å². The summed E-state index contributed by atoms with van der Waals surface area (Å²) >= 11 is 0. The Bertz CT molecular complexity index is 1250. The van der Waals surface area contributed by atoms with E-state index in [0.717, 1.165) is 64.2 Å². The third-order valence-corrected chi connectivity index (χ3v) is 10.3. The molecule has 0 spiro atoms. The number of hydrogen-bond acceptors (Lipinski definition) is 5. The molecule has 0 aliphatic heterocycles. The Morgan fingerprint density at radius 1 is 0.500 bits per heavy atom. The molecule has 0 aromatic carbocycles. The van der Waals surface area contributed by atoms with E-state index < -0.39 is 18.2 Å². The first kappa shape index (κ1) is 56.5. The summed E-state index contributed by atoms with van der Waals surface area (Å²) in [6, 6.07) is -0.736. The van der Waals surface area contributed by atoms with Crippen molar-refractivity contribution in [3.8, 4) is 0 Å². The van der Waals surface area contributed by atoms with E-state index in [4.69, 9.17) is 4.74 Å². The lowest BCUT2D eigenvalue weighted by Gasteiger charge is -2.24. The number of aliphatic hydroxyl groups excluding tert-OH is 2. The lowest BCUT2D eigenvalue weighted by molar-refractivity contribution is -0.151. The van der Waals surface area contributed by atoms with Gasteiger partial charge in [-0.05, 0) is 64.2 Å². The smallest absolute Gasteiger partial charge is 0.306 e. The van der Waals surface area contributed by atoms with Gasteiger partial charge in [-0.3, -0.25) is 9.59 Å². The minimum Gasteiger partial charge on any atom is -0.462 e. The van der Waals surface area contributed by atoms with Crippen LogP contribution < -0.4 is 5.32 Å². The molecule has 0 aromatic heterocycles. The monoisotopic (exact) mass is 832 g/mol. The zero-order valence-corrected chi connectivity index (χ0v) is 38.5. The average Bonchev–Trinajstić information content (AvgIpc) is 3.24. The van der Waals surface area contributed by atoms with E-state index in [1.807, 2.05) is 72.9 Å². The standard InChI is InChI=1S/C54H89NO5/c1-4-7-10-13-16-19-22-25-26-27-29-30-33-36-39-42-45-50(60-54(59)47-44-41-38-35-32-28-23-20-17-14-11-8-5-2)48-53(58)55-51(49-56)52(57)46-43-40-37-34-31-24-21-18-15-12-9-6-3/h8,11,14,16-17,19-20,22-23,25-30,32,35,38,50-52,56-57H,4-7,9-10,12-13,15,18,21,24,31,33-34,36-37,39-49H2,1-3H3,(H,55,58)/b11-8+,17-14+,19-16+,23-20-,25-22+,27-26+,30-29+,32-28-,38-35+.